The molecular formula is C42H54F4N8O2S. The smallest absolute Gasteiger partial charge is 0.369 e. The van der Waals surface area contributed by atoms with Gasteiger partial charge in [-0.1, -0.05) is 32.3 Å². The van der Waals surface area contributed by atoms with E-state index in [1.54, 1.807) is 22.9 Å². The number of rotatable bonds is 9. The Labute approximate surface area is 337 Å². The van der Waals surface area contributed by atoms with Crippen LogP contribution in [0.3, 0.4) is 0 Å². The summed E-state index contributed by atoms with van der Waals surface area (Å²) in [7, 11) is 2.07. The maximum atomic E-state index is 14.4. The van der Waals surface area contributed by atoms with E-state index in [-0.39, 0.29) is 29.9 Å². The van der Waals surface area contributed by atoms with Crippen LogP contribution in [0, 0.1) is 11.7 Å². The number of piperazine rings is 1. The lowest BCUT2D eigenvalue weighted by Crippen LogP contribution is -2.44. The molecular weight excluding hydrogens is 757 g/mol. The van der Waals surface area contributed by atoms with Crippen LogP contribution < -0.4 is 25.2 Å². The number of aromatic nitrogens is 2. The Balaban J connectivity index is 0.000000194. The summed E-state index contributed by atoms with van der Waals surface area (Å²) in [5.41, 5.74) is 2.54. The van der Waals surface area contributed by atoms with Crippen molar-refractivity contribution in [1.82, 2.24) is 24.9 Å². The highest BCUT2D eigenvalue weighted by Crippen LogP contribution is 2.45. The lowest BCUT2D eigenvalue weighted by atomic mass is 9.90. The molecule has 0 bridgehead atoms. The Morgan fingerprint density at radius 2 is 1.63 bits per heavy atom. The molecule has 308 valence electrons. The summed E-state index contributed by atoms with van der Waals surface area (Å²) in [6.45, 7) is 6.88. The molecule has 0 spiro atoms. The minimum Gasteiger partial charge on any atom is -0.369 e. The van der Waals surface area contributed by atoms with Crippen LogP contribution in [0.1, 0.15) is 106 Å². The van der Waals surface area contributed by atoms with Crippen LogP contribution in [-0.4, -0.2) is 79.0 Å². The van der Waals surface area contributed by atoms with Crippen molar-refractivity contribution in [2.75, 3.05) is 61.4 Å². The Bertz CT molecular complexity index is 1880. The predicted octanol–water partition coefficient (Wildman–Crippen LogP) is 8.38. The van der Waals surface area contributed by atoms with Gasteiger partial charge in [-0.2, -0.15) is 18.2 Å². The first kappa shape index (κ1) is 41.2. The average Bonchev–Trinajstić information content (AvgIpc) is 4.04. The molecule has 2 atom stereocenters. The molecule has 0 radical (unpaired) electrons. The molecule has 10 nitrogen and oxygen atoms in total. The molecule has 3 N–H and O–H groups in total. The van der Waals surface area contributed by atoms with Gasteiger partial charge in [0.25, 0.3) is 0 Å². The van der Waals surface area contributed by atoms with E-state index in [1.807, 2.05) is 12.1 Å². The van der Waals surface area contributed by atoms with Gasteiger partial charge >= 0.3 is 6.18 Å². The third-order valence-corrected chi connectivity index (χ3v) is 12.7. The van der Waals surface area contributed by atoms with Crippen molar-refractivity contribution in [1.29, 1.82) is 0 Å². The number of alkyl halides is 3. The predicted molar refractivity (Wildman–Crippen MR) is 216 cm³/mol. The zero-order valence-electron chi connectivity index (χ0n) is 32.8. The van der Waals surface area contributed by atoms with Crippen LogP contribution in [0.15, 0.2) is 47.5 Å². The summed E-state index contributed by atoms with van der Waals surface area (Å²) in [4.78, 5) is 38.8. The third kappa shape index (κ3) is 10.8. The Morgan fingerprint density at radius 1 is 0.860 bits per heavy atom. The number of piperidine rings is 2. The van der Waals surface area contributed by atoms with E-state index in [4.69, 9.17) is 0 Å². The van der Waals surface area contributed by atoms with Crippen LogP contribution >= 0.6 is 11.9 Å². The number of carbonyl (C=O) groups excluding carboxylic acids is 2. The minimum absolute atomic E-state index is 0.0154. The number of hydrogen-bond donors (Lipinski definition) is 3. The number of anilines is 4. The third-order valence-electron chi connectivity index (χ3n) is 11.7. The molecule has 2 saturated carbocycles. The first-order chi connectivity index (χ1) is 27.4. The lowest BCUT2D eigenvalue weighted by Gasteiger charge is -2.34. The normalized spacial score (nSPS) is 22.5. The fraction of sp³-hybridized carbons (Fsp3) is 0.571. The van der Waals surface area contributed by atoms with Crippen molar-refractivity contribution < 1.29 is 27.2 Å². The van der Waals surface area contributed by atoms with E-state index in [0.717, 1.165) is 69.4 Å². The van der Waals surface area contributed by atoms with Crippen molar-refractivity contribution in [3.05, 3.63) is 65.1 Å². The number of nitrogens with zero attached hydrogens (tertiary/aromatic N) is 5. The van der Waals surface area contributed by atoms with Crippen LogP contribution in [0.5, 0.6) is 0 Å². The average molecular weight is 811 g/mol. The zero-order valence-corrected chi connectivity index (χ0v) is 33.7. The number of halogens is 4. The van der Waals surface area contributed by atoms with Crippen LogP contribution in [-0.2, 0) is 15.8 Å². The number of hydrogen-bond acceptors (Lipinski definition) is 10. The van der Waals surface area contributed by atoms with Gasteiger partial charge in [0.2, 0.25) is 17.8 Å². The van der Waals surface area contributed by atoms with Crippen LogP contribution in [0.2, 0.25) is 0 Å². The summed E-state index contributed by atoms with van der Waals surface area (Å²) in [6, 6.07) is 11.9. The van der Waals surface area contributed by atoms with Gasteiger partial charge in [0.05, 0.1) is 5.92 Å². The summed E-state index contributed by atoms with van der Waals surface area (Å²) >= 11 is 1.69. The van der Waals surface area contributed by atoms with E-state index in [2.05, 4.69) is 61.2 Å². The first-order valence-corrected chi connectivity index (χ1v) is 21.3. The second-order valence-electron chi connectivity index (χ2n) is 16.3. The Kier molecular flexibility index (Phi) is 13.2. The molecule has 3 aliphatic heterocycles. The highest BCUT2D eigenvalue weighted by molar-refractivity contribution is 7.97. The van der Waals surface area contributed by atoms with Gasteiger partial charge < -0.3 is 20.0 Å². The Morgan fingerprint density at radius 3 is 2.32 bits per heavy atom. The number of carbonyl (C=O) groups is 2. The summed E-state index contributed by atoms with van der Waals surface area (Å²) in [6.07, 6.45) is 7.59. The van der Waals surface area contributed by atoms with Crippen molar-refractivity contribution in [2.45, 2.75) is 107 Å². The number of nitrogens with one attached hydrogen (secondary N) is 3. The van der Waals surface area contributed by atoms with Gasteiger partial charge in [-0.05, 0) is 112 Å². The van der Waals surface area contributed by atoms with Gasteiger partial charge in [0.1, 0.15) is 17.2 Å². The van der Waals surface area contributed by atoms with Crippen LogP contribution in [0.4, 0.5) is 40.7 Å². The molecule has 2 unspecified atom stereocenters. The molecule has 5 aliphatic rings. The van der Waals surface area contributed by atoms with Crippen molar-refractivity contribution >= 4 is 46.9 Å². The SMILES string of the molecule is CC1CCCN(c2nc(Nc3ccc(SNC4CCCCC4)cc3C3CC3)ncc2C(F)(F)F)C1.CN1CCN(c2ccc(C3CCC(=O)NC3=O)c(F)c2)CC1. The lowest BCUT2D eigenvalue weighted by molar-refractivity contribution is -0.138. The zero-order chi connectivity index (χ0) is 40.1. The maximum Gasteiger partial charge on any atom is 0.421 e. The molecule has 8 rings (SSSR count). The molecule has 1 aromatic heterocycles. The van der Waals surface area contributed by atoms with Gasteiger partial charge in [-0.25, -0.2) is 9.37 Å². The van der Waals surface area contributed by atoms with Gasteiger partial charge in [0, 0.05) is 79.8 Å². The summed E-state index contributed by atoms with van der Waals surface area (Å²) in [5, 5.41) is 5.53. The Hall–Kier alpha value is -3.95. The van der Waals surface area contributed by atoms with E-state index >= 15 is 0 Å². The fourth-order valence-corrected chi connectivity index (χ4v) is 9.11. The van der Waals surface area contributed by atoms with Crippen molar-refractivity contribution in [3.63, 3.8) is 0 Å². The molecule has 4 heterocycles. The molecule has 3 aromatic rings. The first-order valence-electron chi connectivity index (χ1n) is 20.5. The van der Waals surface area contributed by atoms with Gasteiger partial charge in [0.15, 0.2) is 0 Å². The molecule has 15 heteroatoms. The molecule has 2 aliphatic carbocycles. The molecule has 3 saturated heterocycles. The summed E-state index contributed by atoms with van der Waals surface area (Å²) in [5.74, 6) is -0.606. The largest absolute Gasteiger partial charge is 0.421 e. The van der Waals surface area contributed by atoms with E-state index < -0.39 is 23.6 Å². The van der Waals surface area contributed by atoms with E-state index in [9.17, 15) is 27.2 Å². The maximum absolute atomic E-state index is 14.4. The molecule has 57 heavy (non-hydrogen) atoms. The minimum atomic E-state index is -4.49. The molecule has 2 amide bonds. The topological polar surface area (TPSA) is 106 Å². The van der Waals surface area contributed by atoms with Crippen LogP contribution in [0.25, 0.3) is 0 Å². The number of imide groups is 1. The van der Waals surface area contributed by atoms with E-state index in [0.29, 0.717) is 43.0 Å². The second kappa shape index (κ2) is 18.3. The highest BCUT2D eigenvalue weighted by atomic mass is 32.2. The number of amides is 2. The standard InChI is InChI=1S/C26H34F3N5S.C16H20FN3O2/c1-17-6-5-13-34(16-17)24-22(26(27,28)29)15-30-25(32-24)31-23-12-11-20(14-21(23)18-9-10-18)35-33-19-7-3-2-4-8-19;1-19-6-8-20(9-7-19)11-2-3-12(14(17)10-11)13-4-5-15(21)18-16(13)22/h11-12,14-15,17-19,33H,2-10,13,16H2,1H3,(H,30,31,32);2-3,10,13H,4-9H2,1H3,(H,18,21,22). The van der Waals surface area contributed by atoms with E-state index in [1.165, 1.54) is 48.6 Å². The fourth-order valence-electron chi connectivity index (χ4n) is 8.25. The quantitative estimate of drug-likeness (QED) is 0.111. The van der Waals surface area contributed by atoms with Crippen molar-refractivity contribution in [3.8, 4) is 0 Å². The monoisotopic (exact) mass is 810 g/mol. The number of likely N-dealkylation sites (N-methyl/N-ethyl adjacent to an activating group) is 1. The molecule has 2 aromatic carbocycles. The second-order valence-corrected chi connectivity index (χ2v) is 17.2. The number of benzene rings is 2. The van der Waals surface area contributed by atoms with Gasteiger partial charge in [-0.3, -0.25) is 19.6 Å². The summed E-state index contributed by atoms with van der Waals surface area (Å²) < 4.78 is 59.3. The van der Waals surface area contributed by atoms with Crippen molar-refractivity contribution in [2.24, 2.45) is 5.92 Å². The highest BCUT2D eigenvalue weighted by Gasteiger charge is 2.38. The van der Waals surface area contributed by atoms with Gasteiger partial charge in [-0.15, -0.1) is 0 Å². The molecule has 5 fully saturated rings.